The van der Waals surface area contributed by atoms with Crippen molar-refractivity contribution in [1.29, 1.82) is 0 Å². The average molecular weight is 346 g/mol. The second-order valence-corrected chi connectivity index (χ2v) is 5.67. The molecule has 24 heavy (non-hydrogen) atoms. The second kappa shape index (κ2) is 8.11. The van der Waals surface area contributed by atoms with Crippen LogP contribution in [0.15, 0.2) is 53.4 Å². The molecule has 7 nitrogen and oxygen atoms in total. The third-order valence-corrected chi connectivity index (χ3v) is 4.04. The first-order valence-electron chi connectivity index (χ1n) is 6.85. The normalized spacial score (nSPS) is 10.0. The van der Waals surface area contributed by atoms with Crippen LogP contribution in [-0.2, 0) is 9.53 Å². The lowest BCUT2D eigenvalue weighted by Crippen LogP contribution is -2.17. The minimum atomic E-state index is -0.533. The number of anilines is 1. The first kappa shape index (κ1) is 17.5. The van der Waals surface area contributed by atoms with E-state index in [-0.39, 0.29) is 22.9 Å². The molecule has 2 aromatic carbocycles. The van der Waals surface area contributed by atoms with Gasteiger partial charge in [-0.1, -0.05) is 12.1 Å². The van der Waals surface area contributed by atoms with Gasteiger partial charge in [-0.05, 0) is 24.3 Å². The summed E-state index contributed by atoms with van der Waals surface area (Å²) >= 11 is 1.24. The van der Waals surface area contributed by atoms with Crippen LogP contribution in [0, 0.1) is 10.1 Å². The molecule has 0 saturated heterocycles. The molecule has 0 saturated carbocycles. The Kier molecular flexibility index (Phi) is 5.91. The first-order valence-corrected chi connectivity index (χ1v) is 7.84. The fourth-order valence-electron chi connectivity index (χ4n) is 1.88. The minimum Gasteiger partial charge on any atom is -0.465 e. The van der Waals surface area contributed by atoms with Crippen molar-refractivity contribution in [1.82, 2.24) is 0 Å². The van der Waals surface area contributed by atoms with Crippen LogP contribution >= 0.6 is 11.8 Å². The predicted octanol–water partition coefficient (Wildman–Crippen LogP) is 3.11. The van der Waals surface area contributed by atoms with Crippen LogP contribution in [0.5, 0.6) is 0 Å². The van der Waals surface area contributed by atoms with E-state index in [4.69, 9.17) is 0 Å². The number of carbonyl (C=O) groups excluding carboxylic acids is 2. The van der Waals surface area contributed by atoms with Gasteiger partial charge in [-0.3, -0.25) is 14.9 Å². The number of nitro benzene ring substituents is 1. The molecule has 1 N–H and O–H groups in total. The maximum Gasteiger partial charge on any atom is 0.339 e. The molecule has 0 heterocycles. The molecule has 0 aromatic heterocycles. The number of methoxy groups -OCH3 is 1. The van der Waals surface area contributed by atoms with Crippen LogP contribution in [0.1, 0.15) is 10.4 Å². The topological polar surface area (TPSA) is 98.5 Å². The molecule has 0 bridgehead atoms. The lowest BCUT2D eigenvalue weighted by molar-refractivity contribution is -0.384. The second-order valence-electron chi connectivity index (χ2n) is 4.63. The number of carbonyl (C=O) groups is 2. The Hall–Kier alpha value is -2.87. The number of benzene rings is 2. The van der Waals surface area contributed by atoms with Gasteiger partial charge in [0.25, 0.3) is 5.69 Å². The Morgan fingerprint density at radius 1 is 1.17 bits per heavy atom. The van der Waals surface area contributed by atoms with Crippen molar-refractivity contribution >= 4 is 35.0 Å². The number of hydrogen-bond acceptors (Lipinski definition) is 6. The molecule has 0 aliphatic rings. The molecule has 0 fully saturated rings. The molecule has 1 amide bonds. The number of ether oxygens (including phenoxy) is 1. The van der Waals surface area contributed by atoms with E-state index in [0.29, 0.717) is 5.69 Å². The minimum absolute atomic E-state index is 0.00388. The highest BCUT2D eigenvalue weighted by molar-refractivity contribution is 8.00. The predicted molar refractivity (Wildman–Crippen MR) is 90.2 cm³/mol. The molecular formula is C16H14N2O5S. The number of amides is 1. The van der Waals surface area contributed by atoms with E-state index in [1.54, 1.807) is 36.4 Å². The van der Waals surface area contributed by atoms with Crippen LogP contribution in [0.3, 0.4) is 0 Å². The number of thioether (sulfide) groups is 1. The van der Waals surface area contributed by atoms with Crippen LogP contribution in [-0.4, -0.2) is 29.7 Å². The smallest absolute Gasteiger partial charge is 0.339 e. The van der Waals surface area contributed by atoms with Crippen LogP contribution < -0.4 is 5.32 Å². The van der Waals surface area contributed by atoms with Gasteiger partial charge in [0, 0.05) is 17.0 Å². The molecule has 0 radical (unpaired) electrons. The Balaban J connectivity index is 1.96. The summed E-state index contributed by atoms with van der Waals surface area (Å²) in [6.45, 7) is 0. The summed E-state index contributed by atoms with van der Waals surface area (Å²) in [4.78, 5) is 34.5. The highest BCUT2D eigenvalue weighted by Crippen LogP contribution is 2.22. The standard InChI is InChI=1S/C16H14N2O5S/c1-23-16(20)13-4-2-3-5-14(13)17-15(19)10-24-12-8-6-11(7-9-12)18(21)22/h2-9H,10H2,1H3,(H,17,19). The number of para-hydroxylation sites is 1. The molecular weight excluding hydrogens is 332 g/mol. The summed E-state index contributed by atoms with van der Waals surface area (Å²) in [5.41, 5.74) is 0.642. The molecule has 0 spiro atoms. The quantitative estimate of drug-likeness (QED) is 0.373. The average Bonchev–Trinajstić information content (AvgIpc) is 2.60. The van der Waals surface area contributed by atoms with Gasteiger partial charge < -0.3 is 10.1 Å². The van der Waals surface area contributed by atoms with E-state index in [1.807, 2.05) is 0 Å². The van der Waals surface area contributed by atoms with Gasteiger partial charge in [0.1, 0.15) is 0 Å². The van der Waals surface area contributed by atoms with E-state index >= 15 is 0 Å². The summed E-state index contributed by atoms with van der Waals surface area (Å²) in [5, 5.41) is 13.2. The van der Waals surface area contributed by atoms with Gasteiger partial charge in [0.2, 0.25) is 5.91 Å². The van der Waals surface area contributed by atoms with E-state index in [2.05, 4.69) is 10.1 Å². The fourth-order valence-corrected chi connectivity index (χ4v) is 2.58. The summed E-state index contributed by atoms with van der Waals surface area (Å²) < 4.78 is 4.67. The Morgan fingerprint density at radius 3 is 2.46 bits per heavy atom. The number of nitrogens with one attached hydrogen (secondary N) is 1. The van der Waals surface area contributed by atoms with Gasteiger partial charge in [-0.25, -0.2) is 4.79 Å². The van der Waals surface area contributed by atoms with Gasteiger partial charge in [0.15, 0.2) is 0 Å². The van der Waals surface area contributed by atoms with Crippen molar-refractivity contribution in [3.63, 3.8) is 0 Å². The first-order chi connectivity index (χ1) is 11.5. The molecule has 0 aliphatic carbocycles. The number of non-ortho nitro benzene ring substituents is 1. The van der Waals surface area contributed by atoms with E-state index in [9.17, 15) is 19.7 Å². The van der Waals surface area contributed by atoms with Crippen molar-refractivity contribution in [3.8, 4) is 0 Å². The number of hydrogen-bond donors (Lipinski definition) is 1. The monoisotopic (exact) mass is 346 g/mol. The lowest BCUT2D eigenvalue weighted by Gasteiger charge is -2.09. The van der Waals surface area contributed by atoms with Crippen LogP contribution in [0.2, 0.25) is 0 Å². The van der Waals surface area contributed by atoms with Gasteiger partial charge >= 0.3 is 5.97 Å². The fraction of sp³-hybridized carbons (Fsp3) is 0.125. The zero-order valence-corrected chi connectivity index (χ0v) is 13.5. The molecule has 2 aromatic rings. The lowest BCUT2D eigenvalue weighted by atomic mass is 10.2. The van der Waals surface area contributed by atoms with Crippen molar-refractivity contribution in [3.05, 3.63) is 64.2 Å². The summed E-state index contributed by atoms with van der Waals surface area (Å²) in [6.07, 6.45) is 0. The number of rotatable bonds is 6. The molecule has 0 unspecified atom stereocenters. The zero-order valence-electron chi connectivity index (χ0n) is 12.7. The zero-order chi connectivity index (χ0) is 17.5. The van der Waals surface area contributed by atoms with Gasteiger partial charge in [-0.2, -0.15) is 0 Å². The molecule has 2 rings (SSSR count). The Bertz CT molecular complexity index is 761. The largest absolute Gasteiger partial charge is 0.465 e. The maximum atomic E-state index is 12.0. The number of nitrogens with zero attached hydrogens (tertiary/aromatic N) is 1. The third-order valence-electron chi connectivity index (χ3n) is 3.02. The molecule has 0 atom stereocenters. The molecule has 8 heteroatoms. The summed E-state index contributed by atoms with van der Waals surface area (Å²) in [7, 11) is 1.27. The van der Waals surface area contributed by atoms with Gasteiger partial charge in [0.05, 0.1) is 29.0 Å². The van der Waals surface area contributed by atoms with Gasteiger partial charge in [-0.15, -0.1) is 11.8 Å². The number of esters is 1. The highest BCUT2D eigenvalue weighted by atomic mass is 32.2. The van der Waals surface area contributed by atoms with Crippen molar-refractivity contribution < 1.29 is 19.2 Å². The molecule has 0 aliphatic heterocycles. The SMILES string of the molecule is COC(=O)c1ccccc1NC(=O)CSc1ccc([N+](=O)[O-])cc1. The van der Waals surface area contributed by atoms with E-state index in [0.717, 1.165) is 4.90 Å². The van der Waals surface area contributed by atoms with E-state index in [1.165, 1.54) is 31.0 Å². The van der Waals surface area contributed by atoms with Crippen molar-refractivity contribution in [2.24, 2.45) is 0 Å². The van der Waals surface area contributed by atoms with Crippen LogP contribution in [0.4, 0.5) is 11.4 Å². The highest BCUT2D eigenvalue weighted by Gasteiger charge is 2.13. The third kappa shape index (κ3) is 4.56. The van der Waals surface area contributed by atoms with Crippen LogP contribution in [0.25, 0.3) is 0 Å². The maximum absolute atomic E-state index is 12.0. The number of nitro groups is 1. The Morgan fingerprint density at radius 2 is 1.83 bits per heavy atom. The van der Waals surface area contributed by atoms with Crippen molar-refractivity contribution in [2.75, 3.05) is 18.2 Å². The Labute approximate surface area is 142 Å². The summed E-state index contributed by atoms with van der Waals surface area (Å²) in [6, 6.07) is 12.5. The van der Waals surface area contributed by atoms with E-state index < -0.39 is 10.9 Å². The van der Waals surface area contributed by atoms with Crippen molar-refractivity contribution in [2.45, 2.75) is 4.90 Å². The summed E-state index contributed by atoms with van der Waals surface area (Å²) in [5.74, 6) is -0.725. The molecule has 124 valence electrons.